The van der Waals surface area contributed by atoms with Crippen molar-refractivity contribution in [3.8, 4) is 0 Å². The smallest absolute Gasteiger partial charge is 0.343 e. The van der Waals surface area contributed by atoms with Gasteiger partial charge in [0.2, 0.25) is 15.9 Å². The number of alkyl halides is 3. The number of amides is 1. The number of hydrogen-bond donors (Lipinski definition) is 0. The number of benzene rings is 2. The molecule has 5 nitrogen and oxygen atoms in total. The van der Waals surface area contributed by atoms with Crippen LogP contribution >= 0.6 is 0 Å². The van der Waals surface area contributed by atoms with Crippen LogP contribution in [0.5, 0.6) is 0 Å². The maximum Gasteiger partial charge on any atom is 0.407 e. The zero-order chi connectivity index (χ0) is 24.4. The van der Waals surface area contributed by atoms with Gasteiger partial charge in [0.05, 0.1) is 11.4 Å². The van der Waals surface area contributed by atoms with Gasteiger partial charge in [-0.15, -0.1) is 0 Å². The van der Waals surface area contributed by atoms with E-state index in [0.29, 0.717) is 31.5 Å². The van der Waals surface area contributed by atoms with Gasteiger partial charge < -0.3 is 4.90 Å². The Morgan fingerprint density at radius 3 is 2.24 bits per heavy atom. The third kappa shape index (κ3) is 6.04. The highest BCUT2D eigenvalue weighted by Gasteiger charge is 2.40. The van der Waals surface area contributed by atoms with Gasteiger partial charge in [0, 0.05) is 20.0 Å². The van der Waals surface area contributed by atoms with Crippen molar-refractivity contribution in [3.63, 3.8) is 0 Å². The highest BCUT2D eigenvalue weighted by atomic mass is 32.2. The number of halogens is 4. The van der Waals surface area contributed by atoms with Gasteiger partial charge in [0.15, 0.2) is 5.82 Å². The Balaban J connectivity index is 2.08. The van der Waals surface area contributed by atoms with Crippen LogP contribution in [0.1, 0.15) is 42.4 Å². The molecule has 1 fully saturated rings. The predicted octanol–water partition coefficient (Wildman–Crippen LogP) is 4.76. The minimum absolute atomic E-state index is 0.0528. The molecule has 0 saturated carbocycles. The van der Waals surface area contributed by atoms with E-state index in [1.54, 1.807) is 23.1 Å². The molecule has 1 heterocycles. The fraction of sp³-hybridized carbons (Fsp3) is 0.435. The molecule has 0 aromatic heterocycles. The summed E-state index contributed by atoms with van der Waals surface area (Å²) in [6.07, 6.45) is -4.09. The molecule has 2 aromatic carbocycles. The molecule has 0 atom stereocenters. The number of piperidine rings is 1. The second kappa shape index (κ2) is 9.70. The summed E-state index contributed by atoms with van der Waals surface area (Å²) in [5, 5.41) is 0. The van der Waals surface area contributed by atoms with Gasteiger partial charge in [0.1, 0.15) is 6.54 Å². The number of anilines is 1. The lowest BCUT2D eigenvalue weighted by Gasteiger charge is -2.35. The maximum absolute atomic E-state index is 15.4. The fourth-order valence-electron chi connectivity index (χ4n) is 4.11. The van der Waals surface area contributed by atoms with Gasteiger partial charge in [-0.2, -0.15) is 13.2 Å². The van der Waals surface area contributed by atoms with E-state index in [1.807, 2.05) is 0 Å². The minimum atomic E-state index is -4.88. The minimum Gasteiger partial charge on any atom is -0.343 e. The fourth-order valence-corrected chi connectivity index (χ4v) is 5.69. The van der Waals surface area contributed by atoms with Crippen molar-refractivity contribution in [3.05, 3.63) is 65.0 Å². The molecular formula is C23H26F4N2O3S. The van der Waals surface area contributed by atoms with Gasteiger partial charge in [0.25, 0.3) is 0 Å². The standard InChI is InChI=1S/C23H26F4N2O3S/c1-16-8-9-20(19-10-12-28(13-11-19)17(2)30)22(21(16)24)29(15-23(25,26)27)33(31,32)14-18-6-4-3-5-7-18/h3-9,19H,10-15H2,1-2H3. The predicted molar refractivity (Wildman–Crippen MR) is 118 cm³/mol. The van der Waals surface area contributed by atoms with Crippen molar-refractivity contribution in [2.45, 2.75) is 44.5 Å². The summed E-state index contributed by atoms with van der Waals surface area (Å²) in [7, 11) is -4.58. The summed E-state index contributed by atoms with van der Waals surface area (Å²) in [6.45, 7) is 1.72. The van der Waals surface area contributed by atoms with Crippen molar-refractivity contribution in [1.82, 2.24) is 4.90 Å². The highest BCUT2D eigenvalue weighted by Crippen LogP contribution is 2.40. The molecule has 0 radical (unpaired) electrons. The van der Waals surface area contributed by atoms with Gasteiger partial charge in [-0.05, 0) is 42.4 Å². The van der Waals surface area contributed by atoms with Crippen LogP contribution in [-0.4, -0.2) is 45.0 Å². The number of aryl methyl sites for hydroxylation is 1. The molecule has 0 N–H and O–H groups in total. The highest BCUT2D eigenvalue weighted by molar-refractivity contribution is 7.92. The van der Waals surface area contributed by atoms with E-state index in [4.69, 9.17) is 0 Å². The van der Waals surface area contributed by atoms with Crippen molar-refractivity contribution in [1.29, 1.82) is 0 Å². The summed E-state index contributed by atoms with van der Waals surface area (Å²) < 4.78 is 82.6. The van der Waals surface area contributed by atoms with E-state index < -0.39 is 40.0 Å². The average Bonchev–Trinajstić information content (AvgIpc) is 2.74. The van der Waals surface area contributed by atoms with Crippen molar-refractivity contribution in [2.75, 3.05) is 23.9 Å². The third-order valence-electron chi connectivity index (χ3n) is 5.82. The lowest BCUT2D eigenvalue weighted by atomic mass is 9.87. The molecule has 1 saturated heterocycles. The van der Waals surface area contributed by atoms with Crippen LogP contribution < -0.4 is 4.31 Å². The average molecular weight is 487 g/mol. The first kappa shape index (κ1) is 25.0. The SMILES string of the molecule is CC(=O)N1CCC(c2ccc(C)c(F)c2N(CC(F)(F)F)S(=O)(=O)Cc2ccccc2)CC1. The van der Waals surface area contributed by atoms with Crippen molar-refractivity contribution in [2.24, 2.45) is 0 Å². The normalized spacial score (nSPS) is 15.5. The molecule has 1 aliphatic rings. The van der Waals surface area contributed by atoms with Gasteiger partial charge in [-0.3, -0.25) is 9.10 Å². The van der Waals surface area contributed by atoms with Crippen LogP contribution in [0.25, 0.3) is 0 Å². The van der Waals surface area contributed by atoms with Crippen molar-refractivity contribution >= 4 is 21.6 Å². The number of sulfonamides is 1. The van der Waals surface area contributed by atoms with Gasteiger partial charge in [-0.25, -0.2) is 12.8 Å². The van der Waals surface area contributed by atoms with Gasteiger partial charge in [-0.1, -0.05) is 42.5 Å². The van der Waals surface area contributed by atoms with Crippen LogP contribution in [0.2, 0.25) is 0 Å². The Morgan fingerprint density at radius 2 is 1.70 bits per heavy atom. The number of likely N-dealkylation sites (tertiary alicyclic amines) is 1. The van der Waals surface area contributed by atoms with E-state index in [-0.39, 0.29) is 27.3 Å². The first-order valence-electron chi connectivity index (χ1n) is 10.5. The third-order valence-corrected chi connectivity index (χ3v) is 7.50. The Kier molecular flexibility index (Phi) is 7.36. The molecule has 180 valence electrons. The molecule has 33 heavy (non-hydrogen) atoms. The molecule has 0 unspecified atom stereocenters. The lowest BCUT2D eigenvalue weighted by molar-refractivity contribution is -0.129. The van der Waals surface area contributed by atoms with Crippen molar-refractivity contribution < 1.29 is 30.8 Å². The zero-order valence-electron chi connectivity index (χ0n) is 18.4. The van der Waals surface area contributed by atoms with E-state index >= 15 is 4.39 Å². The monoisotopic (exact) mass is 486 g/mol. The molecule has 10 heteroatoms. The van der Waals surface area contributed by atoms with E-state index in [9.17, 15) is 26.4 Å². The van der Waals surface area contributed by atoms with Crippen LogP contribution in [-0.2, 0) is 20.6 Å². The van der Waals surface area contributed by atoms with Crippen LogP contribution in [0, 0.1) is 12.7 Å². The molecule has 1 aliphatic heterocycles. The molecule has 2 aromatic rings. The summed E-state index contributed by atoms with van der Waals surface area (Å²) in [5.74, 6) is -2.18. The second-order valence-corrected chi connectivity index (χ2v) is 10.2. The van der Waals surface area contributed by atoms with E-state index in [0.717, 1.165) is 0 Å². The molecule has 1 amide bonds. The number of hydrogen-bond acceptors (Lipinski definition) is 3. The maximum atomic E-state index is 15.4. The Bertz CT molecular complexity index is 1100. The van der Waals surface area contributed by atoms with E-state index in [2.05, 4.69) is 0 Å². The summed E-state index contributed by atoms with van der Waals surface area (Å²) in [5.41, 5.74) is 0.0118. The number of rotatable bonds is 6. The van der Waals surface area contributed by atoms with Gasteiger partial charge >= 0.3 is 6.18 Å². The summed E-state index contributed by atoms with van der Waals surface area (Å²) in [6, 6.07) is 10.8. The Morgan fingerprint density at radius 1 is 1.09 bits per heavy atom. The number of carbonyl (C=O) groups excluding carboxylic acids is 1. The second-order valence-electron chi connectivity index (χ2n) is 8.28. The largest absolute Gasteiger partial charge is 0.407 e. The number of nitrogens with zero attached hydrogens (tertiary/aromatic N) is 2. The van der Waals surface area contributed by atoms with Crippen LogP contribution in [0.3, 0.4) is 0 Å². The Hall–Kier alpha value is -2.62. The molecular weight excluding hydrogens is 460 g/mol. The van der Waals surface area contributed by atoms with Crippen LogP contribution in [0.15, 0.2) is 42.5 Å². The first-order valence-corrected chi connectivity index (χ1v) is 12.2. The van der Waals surface area contributed by atoms with E-state index in [1.165, 1.54) is 38.1 Å². The summed E-state index contributed by atoms with van der Waals surface area (Å²) in [4.78, 5) is 13.2. The topological polar surface area (TPSA) is 57.7 Å². The molecule has 0 bridgehead atoms. The molecule has 0 aliphatic carbocycles. The Labute approximate surface area is 191 Å². The first-order chi connectivity index (χ1) is 15.4. The molecule has 3 rings (SSSR count). The lowest BCUT2D eigenvalue weighted by Crippen LogP contribution is -2.42. The zero-order valence-corrected chi connectivity index (χ0v) is 19.2. The number of carbonyl (C=O) groups is 1. The summed E-state index contributed by atoms with van der Waals surface area (Å²) >= 11 is 0. The quantitative estimate of drug-likeness (QED) is 0.554. The van der Waals surface area contributed by atoms with Crippen LogP contribution in [0.4, 0.5) is 23.2 Å². The molecule has 0 spiro atoms.